The Morgan fingerprint density at radius 3 is 2.63 bits per heavy atom. The van der Waals surface area contributed by atoms with Crippen LogP contribution < -0.4 is 4.90 Å². The van der Waals surface area contributed by atoms with Crippen LogP contribution in [-0.4, -0.2) is 28.6 Å². The number of aromatic carboxylic acids is 1. The van der Waals surface area contributed by atoms with Crippen molar-refractivity contribution in [2.45, 2.75) is 19.9 Å². The number of carboxylic acids is 1. The van der Waals surface area contributed by atoms with Gasteiger partial charge in [-0.05, 0) is 26.0 Å². The first-order chi connectivity index (χ1) is 8.88. The number of nitrogens with zero attached hydrogens (tertiary/aromatic N) is 2. The summed E-state index contributed by atoms with van der Waals surface area (Å²) in [5.41, 5.74) is 0.0816. The highest BCUT2D eigenvalue weighted by molar-refractivity contribution is 5.89. The Morgan fingerprint density at radius 1 is 1.58 bits per heavy atom. The van der Waals surface area contributed by atoms with E-state index in [2.05, 4.69) is 6.58 Å². The maximum Gasteiger partial charge on any atom is 0.335 e. The van der Waals surface area contributed by atoms with Gasteiger partial charge in [0.15, 0.2) is 0 Å². The van der Waals surface area contributed by atoms with E-state index in [1.165, 1.54) is 12.1 Å². The smallest absolute Gasteiger partial charge is 0.335 e. The van der Waals surface area contributed by atoms with Crippen LogP contribution in [0.25, 0.3) is 0 Å². The summed E-state index contributed by atoms with van der Waals surface area (Å²) in [5, 5.41) is 20.0. The Bertz CT molecular complexity index is 511. The summed E-state index contributed by atoms with van der Waals surface area (Å²) in [7, 11) is 0. The molecule has 0 aliphatic rings. The van der Waals surface area contributed by atoms with Gasteiger partial charge in [0.05, 0.1) is 10.5 Å². The molecule has 1 aromatic rings. The van der Waals surface area contributed by atoms with Gasteiger partial charge in [0.25, 0.3) is 5.69 Å². The normalized spacial score (nSPS) is 10.3. The molecule has 0 atom stereocenters. The van der Waals surface area contributed by atoms with E-state index in [4.69, 9.17) is 5.11 Å². The summed E-state index contributed by atoms with van der Waals surface area (Å²) in [5.74, 6) is -1.19. The molecular weight excluding hydrogens is 248 g/mol. The predicted octanol–water partition coefficient (Wildman–Crippen LogP) is 2.69. The van der Waals surface area contributed by atoms with E-state index < -0.39 is 10.9 Å². The monoisotopic (exact) mass is 264 g/mol. The fourth-order valence-electron chi connectivity index (χ4n) is 1.77. The van der Waals surface area contributed by atoms with Crippen LogP contribution in [0.4, 0.5) is 11.4 Å². The van der Waals surface area contributed by atoms with E-state index >= 15 is 0 Å². The topological polar surface area (TPSA) is 83.7 Å². The summed E-state index contributed by atoms with van der Waals surface area (Å²) in [6, 6.07) is 3.94. The van der Waals surface area contributed by atoms with Crippen LogP contribution in [0.15, 0.2) is 30.9 Å². The largest absolute Gasteiger partial charge is 0.478 e. The molecule has 6 nitrogen and oxygen atoms in total. The summed E-state index contributed by atoms with van der Waals surface area (Å²) in [6.45, 7) is 7.87. The quantitative estimate of drug-likeness (QED) is 0.485. The summed E-state index contributed by atoms with van der Waals surface area (Å²) < 4.78 is 0. The Morgan fingerprint density at radius 2 is 2.21 bits per heavy atom. The van der Waals surface area contributed by atoms with Gasteiger partial charge in [0.1, 0.15) is 5.69 Å². The van der Waals surface area contributed by atoms with E-state index in [1.54, 1.807) is 11.0 Å². The van der Waals surface area contributed by atoms with Crippen molar-refractivity contribution in [3.63, 3.8) is 0 Å². The minimum atomic E-state index is -1.19. The van der Waals surface area contributed by atoms with Gasteiger partial charge in [-0.2, -0.15) is 0 Å². The van der Waals surface area contributed by atoms with E-state index in [0.717, 1.165) is 6.07 Å². The molecule has 6 heteroatoms. The van der Waals surface area contributed by atoms with Gasteiger partial charge < -0.3 is 10.0 Å². The average Bonchev–Trinajstić information content (AvgIpc) is 2.34. The molecule has 0 bridgehead atoms. The van der Waals surface area contributed by atoms with Crippen molar-refractivity contribution in [1.82, 2.24) is 0 Å². The van der Waals surface area contributed by atoms with E-state index in [0.29, 0.717) is 12.2 Å². The molecule has 1 N–H and O–H groups in total. The molecule has 0 heterocycles. The molecule has 0 aliphatic carbocycles. The molecule has 0 radical (unpaired) electrons. The molecule has 19 heavy (non-hydrogen) atoms. The number of nitro groups is 1. The van der Waals surface area contributed by atoms with E-state index in [1.807, 2.05) is 13.8 Å². The molecule has 1 rings (SSSR count). The first kappa shape index (κ1) is 14.7. The number of nitro benzene ring substituents is 1. The van der Waals surface area contributed by atoms with Gasteiger partial charge in [-0.15, -0.1) is 6.58 Å². The van der Waals surface area contributed by atoms with Crippen molar-refractivity contribution in [2.24, 2.45) is 0 Å². The second kappa shape index (κ2) is 5.99. The molecule has 0 aromatic heterocycles. The Balaban J connectivity index is 3.36. The van der Waals surface area contributed by atoms with Crippen molar-refractivity contribution in [3.05, 3.63) is 46.5 Å². The third-order valence-electron chi connectivity index (χ3n) is 2.68. The minimum absolute atomic E-state index is 0.0346. The molecule has 0 fully saturated rings. The van der Waals surface area contributed by atoms with E-state index in [-0.39, 0.29) is 17.3 Å². The molecule has 0 saturated heterocycles. The van der Waals surface area contributed by atoms with Crippen LogP contribution >= 0.6 is 0 Å². The zero-order chi connectivity index (χ0) is 14.6. The predicted molar refractivity (Wildman–Crippen MR) is 72.7 cm³/mol. The molecule has 0 aliphatic heterocycles. The fourth-order valence-corrected chi connectivity index (χ4v) is 1.77. The second-order valence-electron chi connectivity index (χ2n) is 4.30. The van der Waals surface area contributed by atoms with Gasteiger partial charge in [-0.1, -0.05) is 6.08 Å². The van der Waals surface area contributed by atoms with Gasteiger partial charge in [-0.3, -0.25) is 10.1 Å². The van der Waals surface area contributed by atoms with Crippen LogP contribution in [0.1, 0.15) is 24.2 Å². The van der Waals surface area contributed by atoms with Gasteiger partial charge >= 0.3 is 5.97 Å². The van der Waals surface area contributed by atoms with Crippen LogP contribution in [0, 0.1) is 10.1 Å². The number of carboxylic acid groups (broad SMARTS) is 1. The Kier molecular flexibility index (Phi) is 4.63. The van der Waals surface area contributed by atoms with Gasteiger partial charge in [-0.25, -0.2) is 4.79 Å². The molecular formula is C13H16N2O4. The molecule has 0 spiro atoms. The number of carbonyl (C=O) groups is 1. The number of benzene rings is 1. The molecule has 1 aromatic carbocycles. The fraction of sp³-hybridized carbons (Fsp3) is 0.308. The summed E-state index contributed by atoms with van der Waals surface area (Å²) >= 11 is 0. The standard InChI is InChI=1S/C13H16N2O4/c1-4-7-14(9(2)3)11-6-5-10(13(16)17)8-12(11)15(18)19/h4-6,8-9H,1,7H2,2-3H3,(H,16,17). The summed E-state index contributed by atoms with van der Waals surface area (Å²) in [4.78, 5) is 23.2. The third-order valence-corrected chi connectivity index (χ3v) is 2.68. The zero-order valence-corrected chi connectivity index (χ0v) is 10.9. The third kappa shape index (κ3) is 3.31. The molecule has 102 valence electrons. The van der Waals surface area contributed by atoms with Crippen molar-refractivity contribution >= 4 is 17.3 Å². The second-order valence-corrected chi connectivity index (χ2v) is 4.30. The minimum Gasteiger partial charge on any atom is -0.478 e. The molecule has 0 unspecified atom stereocenters. The Hall–Kier alpha value is -2.37. The molecule has 0 saturated carbocycles. The number of hydrogen-bond donors (Lipinski definition) is 1. The van der Waals surface area contributed by atoms with Crippen LogP contribution in [-0.2, 0) is 0 Å². The van der Waals surface area contributed by atoms with Gasteiger partial charge in [0, 0.05) is 18.7 Å². The van der Waals surface area contributed by atoms with E-state index in [9.17, 15) is 14.9 Å². The average molecular weight is 264 g/mol. The van der Waals surface area contributed by atoms with Crippen molar-refractivity contribution in [1.29, 1.82) is 0 Å². The Labute approximate surface area is 111 Å². The van der Waals surface area contributed by atoms with Gasteiger partial charge in [0.2, 0.25) is 0 Å². The summed E-state index contributed by atoms with van der Waals surface area (Å²) in [6.07, 6.45) is 1.65. The number of hydrogen-bond acceptors (Lipinski definition) is 4. The lowest BCUT2D eigenvalue weighted by Crippen LogP contribution is -2.31. The lowest BCUT2D eigenvalue weighted by Gasteiger charge is -2.27. The highest BCUT2D eigenvalue weighted by Gasteiger charge is 2.22. The van der Waals surface area contributed by atoms with Crippen molar-refractivity contribution < 1.29 is 14.8 Å². The van der Waals surface area contributed by atoms with Crippen LogP contribution in [0.5, 0.6) is 0 Å². The lowest BCUT2D eigenvalue weighted by molar-refractivity contribution is -0.384. The highest BCUT2D eigenvalue weighted by Crippen LogP contribution is 2.30. The van der Waals surface area contributed by atoms with Crippen molar-refractivity contribution in [3.8, 4) is 0 Å². The maximum absolute atomic E-state index is 11.1. The number of anilines is 1. The zero-order valence-electron chi connectivity index (χ0n) is 10.9. The SMILES string of the molecule is C=CCN(c1ccc(C(=O)O)cc1[N+](=O)[O-])C(C)C. The molecule has 0 amide bonds. The maximum atomic E-state index is 11.1. The highest BCUT2D eigenvalue weighted by atomic mass is 16.6. The van der Waals surface area contributed by atoms with Crippen LogP contribution in [0.3, 0.4) is 0 Å². The lowest BCUT2D eigenvalue weighted by atomic mass is 10.1. The van der Waals surface area contributed by atoms with Crippen molar-refractivity contribution in [2.75, 3.05) is 11.4 Å². The number of rotatable bonds is 6. The first-order valence-corrected chi connectivity index (χ1v) is 5.77. The van der Waals surface area contributed by atoms with Crippen LogP contribution in [0.2, 0.25) is 0 Å². The first-order valence-electron chi connectivity index (χ1n) is 5.77.